The number of rotatable bonds is 2. The Morgan fingerprint density at radius 3 is 2.62 bits per heavy atom. The standard InChI is InChI=1S/C18H16N4O4/c1-21-7-6-12-13(10-2-4-11(5-3-10)22(25)26)8-14-16(15(12)9-21)19-18(23)17(14)20-24/h2-5,8,24H,6-7,9H2,1H3,(H,19,20,23). The molecule has 1 amide bonds. The first-order chi connectivity index (χ1) is 12.5. The lowest BCUT2D eigenvalue weighted by Crippen LogP contribution is -2.27. The molecule has 2 aliphatic heterocycles. The predicted molar refractivity (Wildman–Crippen MR) is 95.5 cm³/mol. The number of oxime groups is 1. The van der Waals surface area contributed by atoms with Gasteiger partial charge < -0.3 is 15.4 Å². The Morgan fingerprint density at radius 2 is 1.96 bits per heavy atom. The van der Waals surface area contributed by atoms with E-state index in [2.05, 4.69) is 15.4 Å². The zero-order valence-corrected chi connectivity index (χ0v) is 14.0. The Balaban J connectivity index is 1.93. The van der Waals surface area contributed by atoms with E-state index in [0.717, 1.165) is 35.2 Å². The third kappa shape index (κ3) is 2.42. The van der Waals surface area contributed by atoms with Gasteiger partial charge in [-0.05, 0) is 53.9 Å². The molecule has 0 saturated carbocycles. The summed E-state index contributed by atoms with van der Waals surface area (Å²) in [6.07, 6.45) is 0.799. The van der Waals surface area contributed by atoms with Crippen LogP contribution in [0.4, 0.5) is 11.4 Å². The third-order valence-electron chi connectivity index (χ3n) is 4.92. The molecule has 132 valence electrons. The van der Waals surface area contributed by atoms with Crippen molar-refractivity contribution in [2.45, 2.75) is 13.0 Å². The molecule has 0 unspecified atom stereocenters. The van der Waals surface area contributed by atoms with Crippen LogP contribution in [-0.2, 0) is 17.8 Å². The monoisotopic (exact) mass is 352 g/mol. The maximum atomic E-state index is 12.1. The minimum Gasteiger partial charge on any atom is -0.410 e. The number of amides is 1. The third-order valence-corrected chi connectivity index (χ3v) is 4.92. The van der Waals surface area contributed by atoms with Gasteiger partial charge in [-0.2, -0.15) is 0 Å². The summed E-state index contributed by atoms with van der Waals surface area (Å²) in [7, 11) is 2.01. The van der Waals surface area contributed by atoms with Crippen LogP contribution in [-0.4, -0.2) is 40.2 Å². The molecule has 0 atom stereocenters. The Morgan fingerprint density at radius 1 is 1.23 bits per heavy atom. The predicted octanol–water partition coefficient (Wildman–Crippen LogP) is 2.38. The highest BCUT2D eigenvalue weighted by molar-refractivity contribution is 6.54. The van der Waals surface area contributed by atoms with Gasteiger partial charge in [0.2, 0.25) is 0 Å². The van der Waals surface area contributed by atoms with E-state index in [0.29, 0.717) is 17.8 Å². The van der Waals surface area contributed by atoms with Crippen molar-refractivity contribution in [3.63, 3.8) is 0 Å². The fourth-order valence-corrected chi connectivity index (χ4v) is 3.64. The number of non-ortho nitro benzene ring substituents is 1. The number of carbonyl (C=O) groups is 1. The van der Waals surface area contributed by atoms with E-state index in [-0.39, 0.29) is 11.4 Å². The number of fused-ring (bicyclic) bond motifs is 3. The van der Waals surface area contributed by atoms with Gasteiger partial charge in [0, 0.05) is 30.8 Å². The number of anilines is 1. The largest absolute Gasteiger partial charge is 0.410 e. The van der Waals surface area contributed by atoms with Gasteiger partial charge in [0.05, 0.1) is 10.6 Å². The molecule has 8 heteroatoms. The van der Waals surface area contributed by atoms with Crippen LogP contribution >= 0.6 is 0 Å². The summed E-state index contributed by atoms with van der Waals surface area (Å²) in [6.45, 7) is 1.54. The highest BCUT2D eigenvalue weighted by atomic mass is 16.6. The van der Waals surface area contributed by atoms with E-state index in [1.807, 2.05) is 13.1 Å². The Bertz CT molecular complexity index is 966. The number of hydrogen-bond donors (Lipinski definition) is 2. The van der Waals surface area contributed by atoms with Crippen molar-refractivity contribution in [3.8, 4) is 11.1 Å². The van der Waals surface area contributed by atoms with Gasteiger partial charge in [0.1, 0.15) is 0 Å². The van der Waals surface area contributed by atoms with E-state index in [4.69, 9.17) is 0 Å². The van der Waals surface area contributed by atoms with E-state index in [1.54, 1.807) is 12.1 Å². The van der Waals surface area contributed by atoms with Crippen LogP contribution in [0.5, 0.6) is 0 Å². The van der Waals surface area contributed by atoms with E-state index in [9.17, 15) is 20.1 Å². The van der Waals surface area contributed by atoms with Gasteiger partial charge >= 0.3 is 0 Å². The normalized spacial score (nSPS) is 17.7. The van der Waals surface area contributed by atoms with Crippen molar-refractivity contribution in [2.24, 2.45) is 5.16 Å². The molecule has 0 saturated heterocycles. The van der Waals surface area contributed by atoms with Crippen LogP contribution < -0.4 is 5.32 Å². The SMILES string of the molecule is CN1CCc2c(-c3ccc([N+](=O)[O-])cc3)cc3c(c2C1)NC(=O)/C3=N\O. The fraction of sp³-hybridized carbons (Fsp3) is 0.222. The van der Waals surface area contributed by atoms with Crippen LogP contribution in [0.25, 0.3) is 11.1 Å². The molecule has 8 nitrogen and oxygen atoms in total. The van der Waals surface area contributed by atoms with E-state index in [1.165, 1.54) is 12.1 Å². The quantitative estimate of drug-likeness (QED) is 0.490. The van der Waals surface area contributed by atoms with Crippen LogP contribution in [0.2, 0.25) is 0 Å². The number of nitro benzene ring substituents is 1. The Labute approximate surface area is 148 Å². The van der Waals surface area contributed by atoms with Crippen molar-refractivity contribution in [3.05, 3.63) is 57.1 Å². The molecule has 0 bridgehead atoms. The first kappa shape index (κ1) is 16.2. The topological polar surface area (TPSA) is 108 Å². The van der Waals surface area contributed by atoms with Gasteiger partial charge in [-0.15, -0.1) is 0 Å². The second kappa shape index (κ2) is 5.92. The molecule has 4 rings (SSSR count). The fourth-order valence-electron chi connectivity index (χ4n) is 3.64. The zero-order valence-electron chi connectivity index (χ0n) is 14.0. The first-order valence-corrected chi connectivity index (χ1v) is 8.15. The van der Waals surface area contributed by atoms with Crippen LogP contribution in [0.1, 0.15) is 16.7 Å². The molecule has 0 fully saturated rings. The molecule has 2 heterocycles. The molecule has 0 spiro atoms. The molecular formula is C18H16N4O4. The molecule has 26 heavy (non-hydrogen) atoms. The molecule has 2 aromatic carbocycles. The van der Waals surface area contributed by atoms with Crippen LogP contribution in [0.3, 0.4) is 0 Å². The molecular weight excluding hydrogens is 336 g/mol. The molecule has 2 aliphatic rings. The summed E-state index contributed by atoms with van der Waals surface area (Å²) >= 11 is 0. The second-order valence-electron chi connectivity index (χ2n) is 6.50. The van der Waals surface area contributed by atoms with Crippen molar-refractivity contribution in [1.29, 1.82) is 0 Å². The van der Waals surface area contributed by atoms with Crippen LogP contribution in [0, 0.1) is 10.1 Å². The average Bonchev–Trinajstić information content (AvgIpc) is 2.96. The molecule has 2 N–H and O–H groups in total. The van der Waals surface area contributed by atoms with Crippen molar-refractivity contribution >= 4 is 23.0 Å². The Kier molecular flexibility index (Phi) is 3.69. The molecule has 0 aliphatic carbocycles. The lowest BCUT2D eigenvalue weighted by atomic mass is 9.87. The van der Waals surface area contributed by atoms with Crippen molar-refractivity contribution < 1.29 is 14.9 Å². The lowest BCUT2D eigenvalue weighted by molar-refractivity contribution is -0.384. The number of likely N-dealkylation sites (N-methyl/N-ethyl adjacent to an activating group) is 1. The van der Waals surface area contributed by atoms with Gasteiger partial charge in [0.15, 0.2) is 5.71 Å². The first-order valence-electron chi connectivity index (χ1n) is 8.15. The maximum Gasteiger partial charge on any atom is 0.278 e. The number of benzene rings is 2. The number of nitrogens with zero attached hydrogens (tertiary/aromatic N) is 3. The minimum atomic E-state index is -0.435. The van der Waals surface area contributed by atoms with Gasteiger partial charge in [-0.1, -0.05) is 5.16 Å². The molecule has 0 radical (unpaired) electrons. The summed E-state index contributed by atoms with van der Waals surface area (Å²) in [6, 6.07) is 8.17. The second-order valence-corrected chi connectivity index (χ2v) is 6.50. The summed E-state index contributed by atoms with van der Waals surface area (Å²) in [4.78, 5) is 24.7. The van der Waals surface area contributed by atoms with Crippen molar-refractivity contribution in [2.75, 3.05) is 18.9 Å². The van der Waals surface area contributed by atoms with Gasteiger partial charge in [0.25, 0.3) is 11.6 Å². The Hall–Kier alpha value is -3.26. The summed E-state index contributed by atoms with van der Waals surface area (Å²) < 4.78 is 0. The molecule has 2 aromatic rings. The van der Waals surface area contributed by atoms with Gasteiger partial charge in [-0.3, -0.25) is 14.9 Å². The number of carbonyl (C=O) groups excluding carboxylic acids is 1. The van der Waals surface area contributed by atoms with Crippen molar-refractivity contribution in [1.82, 2.24) is 4.90 Å². The lowest BCUT2D eigenvalue weighted by Gasteiger charge is -2.29. The number of nitrogens with one attached hydrogen (secondary N) is 1. The highest BCUT2D eigenvalue weighted by Gasteiger charge is 2.33. The smallest absolute Gasteiger partial charge is 0.278 e. The average molecular weight is 352 g/mol. The highest BCUT2D eigenvalue weighted by Crippen LogP contribution is 2.40. The summed E-state index contributed by atoms with van der Waals surface area (Å²) in [5, 5.41) is 26.1. The number of nitro groups is 1. The maximum absolute atomic E-state index is 12.1. The minimum absolute atomic E-state index is 0.0146. The summed E-state index contributed by atoms with van der Waals surface area (Å²) in [5.41, 5.74) is 5.09. The van der Waals surface area contributed by atoms with E-state index >= 15 is 0 Å². The van der Waals surface area contributed by atoms with E-state index < -0.39 is 10.8 Å². The zero-order chi connectivity index (χ0) is 18.4. The van der Waals surface area contributed by atoms with Gasteiger partial charge in [-0.25, -0.2) is 0 Å². The molecule has 0 aromatic heterocycles. The number of hydrogen-bond acceptors (Lipinski definition) is 6. The van der Waals surface area contributed by atoms with Crippen LogP contribution in [0.15, 0.2) is 35.5 Å². The summed E-state index contributed by atoms with van der Waals surface area (Å²) in [5.74, 6) is -0.432.